The highest BCUT2D eigenvalue weighted by Gasteiger charge is 2.13. The molecule has 0 fully saturated rings. The second kappa shape index (κ2) is 6.72. The molecule has 1 N–H and O–H groups in total. The summed E-state index contributed by atoms with van der Waals surface area (Å²) >= 11 is 0. The average Bonchev–Trinajstić information content (AvgIpc) is 2.54. The molecule has 1 atom stereocenters. The van der Waals surface area contributed by atoms with Gasteiger partial charge in [-0.05, 0) is 42.8 Å². The van der Waals surface area contributed by atoms with Gasteiger partial charge in [0.15, 0.2) is 11.6 Å². The molecule has 1 amide bonds. The summed E-state index contributed by atoms with van der Waals surface area (Å²) in [7, 11) is 1.39. The molecule has 2 rings (SSSR count). The molecule has 22 heavy (non-hydrogen) atoms. The van der Waals surface area contributed by atoms with Crippen molar-refractivity contribution in [2.75, 3.05) is 7.11 Å². The van der Waals surface area contributed by atoms with E-state index in [0.717, 1.165) is 0 Å². The van der Waals surface area contributed by atoms with Gasteiger partial charge in [0.2, 0.25) is 0 Å². The number of nitrogens with one attached hydrogen (secondary N) is 1. The standard InChI is InChI=1S/C17H15FN2O2/c1-11(13-6-7-16(22-2)15(18)9-13)20-17(21)14-5-3-4-12(8-14)10-19/h3-9,11H,1-2H3,(H,20,21)/t11-/m1/s1. The molecule has 0 aliphatic rings. The second-order valence-electron chi connectivity index (χ2n) is 4.78. The Labute approximate surface area is 128 Å². The lowest BCUT2D eigenvalue weighted by molar-refractivity contribution is 0.0939. The van der Waals surface area contributed by atoms with Crippen LogP contribution < -0.4 is 10.1 Å². The molecule has 2 aromatic rings. The van der Waals surface area contributed by atoms with Crippen molar-refractivity contribution in [3.63, 3.8) is 0 Å². The third kappa shape index (κ3) is 3.41. The lowest BCUT2D eigenvalue weighted by Crippen LogP contribution is -2.26. The largest absolute Gasteiger partial charge is 0.494 e. The number of benzene rings is 2. The van der Waals surface area contributed by atoms with Crippen molar-refractivity contribution in [3.05, 3.63) is 65.0 Å². The molecule has 2 aromatic carbocycles. The van der Waals surface area contributed by atoms with Gasteiger partial charge in [-0.1, -0.05) is 12.1 Å². The van der Waals surface area contributed by atoms with Gasteiger partial charge in [0, 0.05) is 5.56 Å². The number of rotatable bonds is 4. The third-order valence-electron chi connectivity index (χ3n) is 3.28. The molecule has 0 radical (unpaired) electrons. The molecule has 0 aromatic heterocycles. The zero-order valence-electron chi connectivity index (χ0n) is 12.3. The summed E-state index contributed by atoms with van der Waals surface area (Å²) in [6.45, 7) is 1.76. The van der Waals surface area contributed by atoms with E-state index in [0.29, 0.717) is 16.7 Å². The average molecular weight is 298 g/mol. The second-order valence-corrected chi connectivity index (χ2v) is 4.78. The maximum atomic E-state index is 13.7. The Kier molecular flexibility index (Phi) is 4.74. The van der Waals surface area contributed by atoms with Gasteiger partial charge in [-0.15, -0.1) is 0 Å². The SMILES string of the molecule is COc1ccc([C@@H](C)NC(=O)c2cccc(C#N)c2)cc1F. The minimum absolute atomic E-state index is 0.156. The van der Waals surface area contributed by atoms with E-state index in [-0.39, 0.29) is 17.7 Å². The molecule has 0 bridgehead atoms. The van der Waals surface area contributed by atoms with Gasteiger partial charge in [-0.25, -0.2) is 4.39 Å². The number of halogens is 1. The van der Waals surface area contributed by atoms with Gasteiger partial charge in [0.1, 0.15) is 0 Å². The number of ether oxygens (including phenoxy) is 1. The lowest BCUT2D eigenvalue weighted by atomic mass is 10.1. The van der Waals surface area contributed by atoms with Crippen LogP contribution in [-0.2, 0) is 0 Å². The molecule has 0 aliphatic heterocycles. The minimum atomic E-state index is -0.479. The summed E-state index contributed by atoms with van der Waals surface area (Å²) in [6, 6.07) is 12.5. The van der Waals surface area contributed by atoms with Gasteiger partial charge >= 0.3 is 0 Å². The molecule has 4 nitrogen and oxygen atoms in total. The van der Waals surface area contributed by atoms with Crippen molar-refractivity contribution in [1.29, 1.82) is 5.26 Å². The Balaban J connectivity index is 2.14. The summed E-state index contributed by atoms with van der Waals surface area (Å²) in [6.07, 6.45) is 0. The Bertz CT molecular complexity index is 738. The topological polar surface area (TPSA) is 62.1 Å². The van der Waals surface area contributed by atoms with E-state index in [9.17, 15) is 9.18 Å². The van der Waals surface area contributed by atoms with Crippen LogP contribution in [-0.4, -0.2) is 13.0 Å². The molecule has 0 heterocycles. The molecular weight excluding hydrogens is 283 g/mol. The van der Waals surface area contributed by atoms with Gasteiger partial charge in [-0.3, -0.25) is 4.79 Å². The zero-order valence-corrected chi connectivity index (χ0v) is 12.3. The first-order valence-corrected chi connectivity index (χ1v) is 6.69. The van der Waals surface area contributed by atoms with Crippen LogP contribution >= 0.6 is 0 Å². The minimum Gasteiger partial charge on any atom is -0.494 e. The number of methoxy groups -OCH3 is 1. The first-order valence-electron chi connectivity index (χ1n) is 6.69. The first kappa shape index (κ1) is 15.5. The Morgan fingerprint density at radius 1 is 1.32 bits per heavy atom. The predicted molar refractivity (Wildman–Crippen MR) is 80.0 cm³/mol. The summed E-state index contributed by atoms with van der Waals surface area (Å²) < 4.78 is 18.6. The fourth-order valence-electron chi connectivity index (χ4n) is 2.05. The Hall–Kier alpha value is -2.87. The van der Waals surface area contributed by atoms with Crippen LogP contribution in [0.2, 0.25) is 0 Å². The van der Waals surface area contributed by atoms with Crippen LogP contribution in [0.25, 0.3) is 0 Å². The Morgan fingerprint density at radius 3 is 2.73 bits per heavy atom. The smallest absolute Gasteiger partial charge is 0.251 e. The van der Waals surface area contributed by atoms with E-state index in [1.807, 2.05) is 6.07 Å². The normalized spacial score (nSPS) is 11.4. The van der Waals surface area contributed by atoms with E-state index in [1.165, 1.54) is 25.3 Å². The van der Waals surface area contributed by atoms with Crippen LogP contribution in [0.4, 0.5) is 4.39 Å². The highest BCUT2D eigenvalue weighted by atomic mass is 19.1. The Morgan fingerprint density at radius 2 is 2.09 bits per heavy atom. The van der Waals surface area contributed by atoms with E-state index in [2.05, 4.69) is 5.32 Å². The van der Waals surface area contributed by atoms with E-state index >= 15 is 0 Å². The maximum absolute atomic E-state index is 13.7. The molecule has 0 saturated carbocycles. The molecule has 5 heteroatoms. The van der Waals surface area contributed by atoms with Gasteiger partial charge in [0.05, 0.1) is 24.8 Å². The third-order valence-corrected chi connectivity index (χ3v) is 3.28. The molecule has 112 valence electrons. The molecule has 0 aliphatic carbocycles. The van der Waals surface area contributed by atoms with E-state index in [1.54, 1.807) is 31.2 Å². The summed E-state index contributed by atoms with van der Waals surface area (Å²) in [5.41, 5.74) is 1.43. The van der Waals surface area contributed by atoms with Gasteiger partial charge < -0.3 is 10.1 Å². The van der Waals surface area contributed by atoms with E-state index in [4.69, 9.17) is 10.00 Å². The van der Waals surface area contributed by atoms with Crippen LogP contribution in [0, 0.1) is 17.1 Å². The monoisotopic (exact) mass is 298 g/mol. The molecular formula is C17H15FN2O2. The van der Waals surface area contributed by atoms with Gasteiger partial charge in [-0.2, -0.15) is 5.26 Å². The van der Waals surface area contributed by atoms with E-state index < -0.39 is 5.82 Å². The van der Waals surface area contributed by atoms with Crippen molar-refractivity contribution in [3.8, 4) is 11.8 Å². The van der Waals surface area contributed by atoms with Crippen molar-refractivity contribution < 1.29 is 13.9 Å². The number of hydrogen-bond acceptors (Lipinski definition) is 3. The number of hydrogen-bond donors (Lipinski definition) is 1. The predicted octanol–water partition coefficient (Wildman–Crippen LogP) is 3.20. The zero-order chi connectivity index (χ0) is 16.1. The summed E-state index contributed by atoms with van der Waals surface area (Å²) in [4.78, 5) is 12.2. The van der Waals surface area contributed by atoms with Crippen molar-refractivity contribution in [2.45, 2.75) is 13.0 Å². The van der Waals surface area contributed by atoms with Crippen LogP contribution in [0.1, 0.15) is 34.5 Å². The summed E-state index contributed by atoms with van der Waals surface area (Å²) in [5.74, 6) is -0.641. The number of nitrogens with zero attached hydrogens (tertiary/aromatic N) is 1. The highest BCUT2D eigenvalue weighted by Crippen LogP contribution is 2.22. The van der Waals surface area contributed by atoms with Crippen LogP contribution in [0.3, 0.4) is 0 Å². The number of nitriles is 1. The molecule has 0 unspecified atom stereocenters. The van der Waals surface area contributed by atoms with Crippen LogP contribution in [0.5, 0.6) is 5.75 Å². The first-order chi connectivity index (χ1) is 10.5. The summed E-state index contributed by atoms with van der Waals surface area (Å²) in [5, 5.41) is 11.6. The van der Waals surface area contributed by atoms with Crippen LogP contribution in [0.15, 0.2) is 42.5 Å². The number of carbonyl (C=O) groups excluding carboxylic acids is 1. The van der Waals surface area contributed by atoms with Crippen molar-refractivity contribution in [2.24, 2.45) is 0 Å². The van der Waals surface area contributed by atoms with Gasteiger partial charge in [0.25, 0.3) is 5.91 Å². The fourth-order valence-corrected chi connectivity index (χ4v) is 2.05. The maximum Gasteiger partial charge on any atom is 0.251 e. The quantitative estimate of drug-likeness (QED) is 0.943. The number of carbonyl (C=O) groups is 1. The van der Waals surface area contributed by atoms with Crippen molar-refractivity contribution >= 4 is 5.91 Å². The lowest BCUT2D eigenvalue weighted by Gasteiger charge is -2.15. The molecule has 0 spiro atoms. The molecule has 0 saturated heterocycles. The van der Waals surface area contributed by atoms with Crippen molar-refractivity contribution in [1.82, 2.24) is 5.32 Å². The number of amides is 1. The highest BCUT2D eigenvalue weighted by molar-refractivity contribution is 5.94. The fraction of sp³-hybridized carbons (Fsp3) is 0.176.